The standard InChI is InChI=1S/C10H17N3S/c1-9-7-11-13(8-9)10-3-5-12(14-2)6-4-10/h7-8,10H,3-6H2,1-2H3. The molecule has 0 amide bonds. The number of hydrogen-bond acceptors (Lipinski definition) is 3. The number of aromatic nitrogens is 2. The molecule has 1 aliphatic heterocycles. The van der Waals surface area contributed by atoms with Gasteiger partial charge in [0.05, 0.1) is 12.2 Å². The molecule has 0 saturated carbocycles. The highest BCUT2D eigenvalue weighted by molar-refractivity contribution is 7.96. The van der Waals surface area contributed by atoms with E-state index in [4.69, 9.17) is 0 Å². The largest absolute Gasteiger partial charge is 0.269 e. The number of nitrogens with zero attached hydrogens (tertiary/aromatic N) is 3. The van der Waals surface area contributed by atoms with E-state index >= 15 is 0 Å². The molecule has 1 aromatic rings. The summed E-state index contributed by atoms with van der Waals surface area (Å²) >= 11 is 1.85. The van der Waals surface area contributed by atoms with Gasteiger partial charge in [0.1, 0.15) is 0 Å². The van der Waals surface area contributed by atoms with Gasteiger partial charge in [-0.3, -0.25) is 8.99 Å². The van der Waals surface area contributed by atoms with Crippen LogP contribution in [0.1, 0.15) is 24.4 Å². The Labute approximate surface area is 89.6 Å². The molecule has 14 heavy (non-hydrogen) atoms. The van der Waals surface area contributed by atoms with Gasteiger partial charge in [-0.05, 0) is 31.6 Å². The Kier molecular flexibility index (Phi) is 3.13. The van der Waals surface area contributed by atoms with E-state index in [0.29, 0.717) is 6.04 Å². The Morgan fingerprint density at radius 1 is 1.43 bits per heavy atom. The zero-order chi connectivity index (χ0) is 9.97. The summed E-state index contributed by atoms with van der Waals surface area (Å²) in [4.78, 5) is 0. The minimum atomic E-state index is 0.618. The molecule has 0 atom stereocenters. The maximum atomic E-state index is 4.38. The third-order valence-electron chi connectivity index (χ3n) is 2.79. The van der Waals surface area contributed by atoms with Crippen LogP contribution in [-0.2, 0) is 0 Å². The second-order valence-electron chi connectivity index (χ2n) is 3.84. The smallest absolute Gasteiger partial charge is 0.0544 e. The Bertz CT molecular complexity index is 289. The van der Waals surface area contributed by atoms with Gasteiger partial charge < -0.3 is 0 Å². The van der Waals surface area contributed by atoms with E-state index in [2.05, 4.69) is 33.5 Å². The van der Waals surface area contributed by atoms with Crippen LogP contribution in [0.5, 0.6) is 0 Å². The van der Waals surface area contributed by atoms with Gasteiger partial charge in [0.2, 0.25) is 0 Å². The molecule has 0 spiro atoms. The van der Waals surface area contributed by atoms with Crippen molar-refractivity contribution in [2.75, 3.05) is 19.3 Å². The van der Waals surface area contributed by atoms with Gasteiger partial charge in [-0.2, -0.15) is 5.10 Å². The van der Waals surface area contributed by atoms with Crippen molar-refractivity contribution in [3.05, 3.63) is 18.0 Å². The van der Waals surface area contributed by atoms with E-state index in [1.807, 2.05) is 18.1 Å². The van der Waals surface area contributed by atoms with Crippen molar-refractivity contribution in [1.29, 1.82) is 0 Å². The van der Waals surface area contributed by atoms with Crippen molar-refractivity contribution in [3.63, 3.8) is 0 Å². The van der Waals surface area contributed by atoms with Crippen LogP contribution >= 0.6 is 11.9 Å². The predicted molar refractivity (Wildman–Crippen MR) is 60.3 cm³/mol. The van der Waals surface area contributed by atoms with E-state index in [1.54, 1.807) is 0 Å². The first-order chi connectivity index (χ1) is 6.79. The molecule has 1 fully saturated rings. The third kappa shape index (κ3) is 2.12. The Hall–Kier alpha value is -0.480. The molecule has 0 unspecified atom stereocenters. The van der Waals surface area contributed by atoms with E-state index in [0.717, 1.165) is 0 Å². The van der Waals surface area contributed by atoms with Crippen molar-refractivity contribution in [2.45, 2.75) is 25.8 Å². The van der Waals surface area contributed by atoms with Gasteiger partial charge in [0.15, 0.2) is 0 Å². The lowest BCUT2D eigenvalue weighted by Gasteiger charge is -2.30. The van der Waals surface area contributed by atoms with E-state index in [1.165, 1.54) is 31.5 Å². The van der Waals surface area contributed by atoms with E-state index in [9.17, 15) is 0 Å². The minimum Gasteiger partial charge on any atom is -0.269 e. The van der Waals surface area contributed by atoms with Crippen molar-refractivity contribution < 1.29 is 0 Å². The fourth-order valence-electron chi connectivity index (χ4n) is 1.92. The molecule has 2 rings (SSSR count). The van der Waals surface area contributed by atoms with E-state index < -0.39 is 0 Å². The van der Waals surface area contributed by atoms with Gasteiger partial charge in [0, 0.05) is 19.3 Å². The number of aryl methyl sites for hydroxylation is 1. The van der Waals surface area contributed by atoms with Gasteiger partial charge in [-0.15, -0.1) is 0 Å². The van der Waals surface area contributed by atoms with E-state index in [-0.39, 0.29) is 0 Å². The van der Waals surface area contributed by atoms with Crippen LogP contribution in [0.3, 0.4) is 0 Å². The Balaban J connectivity index is 1.95. The summed E-state index contributed by atoms with van der Waals surface area (Å²) in [6, 6.07) is 0.618. The van der Waals surface area contributed by atoms with Gasteiger partial charge in [-0.1, -0.05) is 11.9 Å². The summed E-state index contributed by atoms with van der Waals surface area (Å²) in [5.41, 5.74) is 1.26. The monoisotopic (exact) mass is 211 g/mol. The number of piperidine rings is 1. The maximum Gasteiger partial charge on any atom is 0.0544 e. The highest BCUT2D eigenvalue weighted by Crippen LogP contribution is 2.24. The van der Waals surface area contributed by atoms with Crippen LogP contribution in [0, 0.1) is 6.92 Å². The third-order valence-corrected chi connectivity index (χ3v) is 3.67. The molecular formula is C10H17N3S. The first-order valence-corrected chi connectivity index (χ1v) is 6.27. The normalized spacial score (nSPS) is 20.1. The molecule has 78 valence electrons. The quantitative estimate of drug-likeness (QED) is 0.699. The molecule has 0 radical (unpaired) electrons. The zero-order valence-corrected chi connectivity index (χ0v) is 9.63. The molecule has 0 aromatic carbocycles. The van der Waals surface area contributed by atoms with Crippen LogP contribution in [0.4, 0.5) is 0 Å². The minimum absolute atomic E-state index is 0.618. The van der Waals surface area contributed by atoms with Gasteiger partial charge in [0.25, 0.3) is 0 Å². The molecule has 0 N–H and O–H groups in total. The first kappa shape index (κ1) is 10.1. The maximum absolute atomic E-state index is 4.38. The van der Waals surface area contributed by atoms with Crippen molar-refractivity contribution in [1.82, 2.24) is 14.1 Å². The van der Waals surface area contributed by atoms with Crippen LogP contribution in [0.25, 0.3) is 0 Å². The lowest BCUT2D eigenvalue weighted by atomic mass is 10.1. The molecule has 2 heterocycles. The molecular weight excluding hydrogens is 194 g/mol. The van der Waals surface area contributed by atoms with Crippen LogP contribution < -0.4 is 0 Å². The lowest BCUT2D eigenvalue weighted by molar-refractivity contribution is 0.276. The Morgan fingerprint density at radius 2 is 2.14 bits per heavy atom. The second kappa shape index (κ2) is 4.36. The average molecular weight is 211 g/mol. The summed E-state index contributed by atoms with van der Waals surface area (Å²) in [6.07, 6.45) is 8.70. The van der Waals surface area contributed by atoms with Crippen molar-refractivity contribution in [3.8, 4) is 0 Å². The molecule has 4 heteroatoms. The SMILES string of the molecule is CSN1CCC(n2cc(C)cn2)CC1. The summed E-state index contributed by atoms with van der Waals surface area (Å²) in [6.45, 7) is 4.47. The highest BCUT2D eigenvalue weighted by Gasteiger charge is 2.20. The fourth-order valence-corrected chi connectivity index (χ4v) is 2.50. The summed E-state index contributed by atoms with van der Waals surface area (Å²) in [5.74, 6) is 0. The topological polar surface area (TPSA) is 21.1 Å². The highest BCUT2D eigenvalue weighted by atomic mass is 32.2. The molecule has 1 saturated heterocycles. The van der Waals surface area contributed by atoms with Crippen molar-refractivity contribution >= 4 is 11.9 Å². The van der Waals surface area contributed by atoms with Gasteiger partial charge in [-0.25, -0.2) is 0 Å². The second-order valence-corrected chi connectivity index (χ2v) is 4.72. The first-order valence-electron chi connectivity index (χ1n) is 5.09. The Morgan fingerprint density at radius 3 is 2.64 bits per heavy atom. The summed E-state index contributed by atoms with van der Waals surface area (Å²) < 4.78 is 4.56. The molecule has 1 aliphatic rings. The van der Waals surface area contributed by atoms with Crippen LogP contribution in [0.15, 0.2) is 12.4 Å². The fraction of sp³-hybridized carbons (Fsp3) is 0.700. The summed E-state index contributed by atoms with van der Waals surface area (Å²) in [5, 5.41) is 4.38. The van der Waals surface area contributed by atoms with Crippen LogP contribution in [-0.4, -0.2) is 33.4 Å². The molecule has 0 aliphatic carbocycles. The number of rotatable bonds is 2. The molecule has 0 bridgehead atoms. The molecule has 3 nitrogen and oxygen atoms in total. The lowest BCUT2D eigenvalue weighted by Crippen LogP contribution is -2.29. The van der Waals surface area contributed by atoms with Gasteiger partial charge >= 0.3 is 0 Å². The number of hydrogen-bond donors (Lipinski definition) is 0. The molecule has 1 aromatic heterocycles. The average Bonchev–Trinajstić information content (AvgIpc) is 2.65. The predicted octanol–water partition coefficient (Wildman–Crippen LogP) is 2.11. The zero-order valence-electron chi connectivity index (χ0n) is 8.81. The van der Waals surface area contributed by atoms with Crippen molar-refractivity contribution in [2.24, 2.45) is 0 Å². The summed E-state index contributed by atoms with van der Waals surface area (Å²) in [7, 11) is 0. The van der Waals surface area contributed by atoms with Crippen LogP contribution in [0.2, 0.25) is 0 Å².